The highest BCUT2D eigenvalue weighted by Crippen LogP contribution is 2.08. The molecule has 0 spiro atoms. The van der Waals surface area contributed by atoms with Gasteiger partial charge in [0.15, 0.2) is 0 Å². The van der Waals surface area contributed by atoms with Gasteiger partial charge in [0.2, 0.25) is 0 Å². The van der Waals surface area contributed by atoms with Crippen molar-refractivity contribution >= 4 is 0 Å². The standard InChI is InChI=1S/C11H20/c1-5-7-11(4)9-6-8-10(2)3/h5,7-8,11H,6,9H2,1-4H3/b7-5+/t11-/m0/s1. The molecule has 0 fully saturated rings. The molecule has 0 heteroatoms. The maximum Gasteiger partial charge on any atom is -0.0259 e. The van der Waals surface area contributed by atoms with Gasteiger partial charge in [0.05, 0.1) is 0 Å². The highest BCUT2D eigenvalue weighted by Gasteiger charge is 1.93. The molecule has 0 aliphatic rings. The van der Waals surface area contributed by atoms with Crippen LogP contribution in [-0.2, 0) is 0 Å². The van der Waals surface area contributed by atoms with Gasteiger partial charge in [-0.25, -0.2) is 0 Å². The van der Waals surface area contributed by atoms with Gasteiger partial charge in [0.25, 0.3) is 0 Å². The molecular formula is C11H20. The number of hydrogen-bond donors (Lipinski definition) is 0. The molecule has 0 aromatic heterocycles. The van der Waals surface area contributed by atoms with Crippen molar-refractivity contribution < 1.29 is 0 Å². The van der Waals surface area contributed by atoms with Crippen LogP contribution in [0.5, 0.6) is 0 Å². The SMILES string of the molecule is C/C=C/[C@H](C)CCC=C(C)C. The van der Waals surface area contributed by atoms with Gasteiger partial charge in [-0.2, -0.15) is 0 Å². The van der Waals surface area contributed by atoms with Crippen LogP contribution >= 0.6 is 0 Å². The van der Waals surface area contributed by atoms with Gasteiger partial charge >= 0.3 is 0 Å². The van der Waals surface area contributed by atoms with E-state index < -0.39 is 0 Å². The van der Waals surface area contributed by atoms with Crippen molar-refractivity contribution in [1.82, 2.24) is 0 Å². The third-order valence-corrected chi connectivity index (χ3v) is 1.70. The molecule has 0 radical (unpaired) electrons. The van der Waals surface area contributed by atoms with Crippen molar-refractivity contribution in [1.29, 1.82) is 0 Å². The van der Waals surface area contributed by atoms with Crippen LogP contribution in [0.15, 0.2) is 23.8 Å². The van der Waals surface area contributed by atoms with Gasteiger partial charge in [-0.1, -0.05) is 30.7 Å². The molecule has 0 saturated heterocycles. The lowest BCUT2D eigenvalue weighted by Gasteiger charge is -2.02. The Bertz CT molecular complexity index is 136. The Kier molecular flexibility index (Phi) is 5.91. The summed E-state index contributed by atoms with van der Waals surface area (Å²) in [5.41, 5.74) is 1.43. The van der Waals surface area contributed by atoms with Crippen LogP contribution in [0.3, 0.4) is 0 Å². The third kappa shape index (κ3) is 7.38. The van der Waals surface area contributed by atoms with E-state index in [4.69, 9.17) is 0 Å². The van der Waals surface area contributed by atoms with Gasteiger partial charge in [-0.05, 0) is 39.5 Å². The molecule has 0 aromatic carbocycles. The fourth-order valence-electron chi connectivity index (χ4n) is 1.06. The summed E-state index contributed by atoms with van der Waals surface area (Å²) in [4.78, 5) is 0. The molecule has 0 aromatic rings. The van der Waals surface area contributed by atoms with E-state index in [1.54, 1.807) is 0 Å². The second kappa shape index (κ2) is 6.21. The van der Waals surface area contributed by atoms with E-state index in [1.165, 1.54) is 18.4 Å². The zero-order valence-corrected chi connectivity index (χ0v) is 8.22. The molecule has 0 nitrogen and oxygen atoms in total. The van der Waals surface area contributed by atoms with Crippen LogP contribution < -0.4 is 0 Å². The Balaban J connectivity index is 3.46. The quantitative estimate of drug-likeness (QED) is 0.535. The zero-order valence-electron chi connectivity index (χ0n) is 8.22. The average molecular weight is 152 g/mol. The van der Waals surface area contributed by atoms with E-state index in [-0.39, 0.29) is 0 Å². The first-order valence-corrected chi connectivity index (χ1v) is 4.43. The summed E-state index contributed by atoms with van der Waals surface area (Å²) in [6.45, 7) is 8.65. The molecule has 0 bridgehead atoms. The highest BCUT2D eigenvalue weighted by atomic mass is 14.0. The molecule has 1 atom stereocenters. The topological polar surface area (TPSA) is 0 Å². The van der Waals surface area contributed by atoms with Crippen LogP contribution in [0.25, 0.3) is 0 Å². The van der Waals surface area contributed by atoms with E-state index in [2.05, 4.69) is 45.9 Å². The summed E-state index contributed by atoms with van der Waals surface area (Å²) in [5.74, 6) is 0.732. The minimum absolute atomic E-state index is 0.732. The molecule has 0 aliphatic heterocycles. The first kappa shape index (κ1) is 10.5. The molecule has 0 amide bonds. The van der Waals surface area contributed by atoms with Gasteiger partial charge in [-0.3, -0.25) is 0 Å². The first-order valence-electron chi connectivity index (χ1n) is 4.43. The van der Waals surface area contributed by atoms with Crippen molar-refractivity contribution in [2.24, 2.45) is 5.92 Å². The van der Waals surface area contributed by atoms with Crippen molar-refractivity contribution in [2.75, 3.05) is 0 Å². The molecule has 0 aliphatic carbocycles. The minimum atomic E-state index is 0.732. The summed E-state index contributed by atoms with van der Waals surface area (Å²) >= 11 is 0. The molecule has 0 heterocycles. The van der Waals surface area contributed by atoms with E-state index >= 15 is 0 Å². The second-order valence-electron chi connectivity index (χ2n) is 3.36. The summed E-state index contributed by atoms with van der Waals surface area (Å²) in [6.07, 6.45) is 9.19. The largest absolute Gasteiger partial charge is 0.0914 e. The van der Waals surface area contributed by atoms with Gasteiger partial charge in [-0.15, -0.1) is 0 Å². The Morgan fingerprint density at radius 3 is 2.45 bits per heavy atom. The predicted molar refractivity (Wildman–Crippen MR) is 52.6 cm³/mol. The van der Waals surface area contributed by atoms with E-state index in [0.717, 1.165) is 5.92 Å². The predicted octanol–water partition coefficient (Wildman–Crippen LogP) is 3.95. The van der Waals surface area contributed by atoms with Crippen LogP contribution in [0.1, 0.15) is 40.5 Å². The normalized spacial score (nSPS) is 13.5. The lowest BCUT2D eigenvalue weighted by atomic mass is 10.0. The number of allylic oxidation sites excluding steroid dienone is 4. The summed E-state index contributed by atoms with van der Waals surface area (Å²) in [6, 6.07) is 0. The van der Waals surface area contributed by atoms with Crippen molar-refractivity contribution in [3.63, 3.8) is 0 Å². The first-order chi connectivity index (χ1) is 5.16. The maximum atomic E-state index is 2.31. The fraction of sp³-hybridized carbons (Fsp3) is 0.636. The fourth-order valence-corrected chi connectivity index (χ4v) is 1.06. The van der Waals surface area contributed by atoms with Crippen LogP contribution in [0.4, 0.5) is 0 Å². The number of hydrogen-bond acceptors (Lipinski definition) is 0. The smallest absolute Gasteiger partial charge is 0.0259 e. The molecule has 11 heavy (non-hydrogen) atoms. The van der Waals surface area contributed by atoms with Crippen molar-refractivity contribution in [2.45, 2.75) is 40.5 Å². The van der Waals surface area contributed by atoms with Gasteiger partial charge in [0, 0.05) is 0 Å². The van der Waals surface area contributed by atoms with Gasteiger partial charge < -0.3 is 0 Å². The minimum Gasteiger partial charge on any atom is -0.0914 e. The summed E-state index contributed by atoms with van der Waals surface area (Å²) in [5, 5.41) is 0. The zero-order chi connectivity index (χ0) is 8.69. The van der Waals surface area contributed by atoms with E-state index in [0.29, 0.717) is 0 Å². The number of rotatable bonds is 4. The van der Waals surface area contributed by atoms with Crippen molar-refractivity contribution in [3.8, 4) is 0 Å². The second-order valence-corrected chi connectivity index (χ2v) is 3.36. The highest BCUT2D eigenvalue weighted by molar-refractivity contribution is 4.94. The third-order valence-electron chi connectivity index (χ3n) is 1.70. The summed E-state index contributed by atoms with van der Waals surface area (Å²) in [7, 11) is 0. The summed E-state index contributed by atoms with van der Waals surface area (Å²) < 4.78 is 0. The molecular weight excluding hydrogens is 132 g/mol. The Morgan fingerprint density at radius 2 is 2.00 bits per heavy atom. The Hall–Kier alpha value is -0.520. The molecule has 0 saturated carbocycles. The van der Waals surface area contributed by atoms with E-state index in [9.17, 15) is 0 Å². The van der Waals surface area contributed by atoms with Gasteiger partial charge in [0.1, 0.15) is 0 Å². The Labute approximate surface area is 71.0 Å². The van der Waals surface area contributed by atoms with Crippen LogP contribution in [0.2, 0.25) is 0 Å². The molecule has 0 unspecified atom stereocenters. The molecule has 0 N–H and O–H groups in total. The average Bonchev–Trinajstić information content (AvgIpc) is 1.87. The van der Waals surface area contributed by atoms with Crippen LogP contribution in [0, 0.1) is 5.92 Å². The van der Waals surface area contributed by atoms with Crippen molar-refractivity contribution in [3.05, 3.63) is 23.8 Å². The molecule has 0 rings (SSSR count). The lowest BCUT2D eigenvalue weighted by Crippen LogP contribution is -1.87. The lowest BCUT2D eigenvalue weighted by molar-refractivity contribution is 0.655. The molecule has 64 valence electrons. The Morgan fingerprint density at radius 1 is 1.36 bits per heavy atom. The monoisotopic (exact) mass is 152 g/mol. The maximum absolute atomic E-state index is 2.31. The van der Waals surface area contributed by atoms with Crippen LogP contribution in [-0.4, -0.2) is 0 Å². The van der Waals surface area contributed by atoms with E-state index in [1.807, 2.05) is 0 Å².